The molecule has 0 aliphatic carbocycles. The Balaban J connectivity index is 1.66. The van der Waals surface area contributed by atoms with Crippen molar-refractivity contribution in [1.82, 2.24) is 29.4 Å². The maximum Gasteiger partial charge on any atom is 0.264 e. The van der Waals surface area contributed by atoms with Crippen LogP contribution in [0.2, 0.25) is 0 Å². The molecule has 0 saturated carbocycles. The van der Waals surface area contributed by atoms with E-state index in [0.29, 0.717) is 18.0 Å². The molecule has 8 nitrogen and oxygen atoms in total. The van der Waals surface area contributed by atoms with Crippen molar-refractivity contribution < 1.29 is 18.0 Å². The summed E-state index contributed by atoms with van der Waals surface area (Å²) in [5.41, 5.74) is 1.45. The van der Waals surface area contributed by atoms with Crippen LogP contribution in [0.15, 0.2) is 41.1 Å². The summed E-state index contributed by atoms with van der Waals surface area (Å²) in [4.78, 5) is 18.8. The van der Waals surface area contributed by atoms with Gasteiger partial charge in [0.05, 0.1) is 29.6 Å². The minimum atomic E-state index is -2.72. The van der Waals surface area contributed by atoms with E-state index in [-0.39, 0.29) is 34.7 Å². The number of fused-ring (bicyclic) bond motifs is 1. The van der Waals surface area contributed by atoms with E-state index < -0.39 is 6.43 Å². The van der Waals surface area contributed by atoms with Crippen molar-refractivity contribution in [2.45, 2.75) is 39.9 Å². The third kappa shape index (κ3) is 4.05. The molecule has 4 aromatic heterocycles. The van der Waals surface area contributed by atoms with Gasteiger partial charge in [-0.05, 0) is 38.1 Å². The molecule has 0 N–H and O–H groups in total. The fourth-order valence-electron chi connectivity index (χ4n) is 3.46. The Labute approximate surface area is 177 Å². The van der Waals surface area contributed by atoms with Crippen LogP contribution < -0.4 is 0 Å². The van der Waals surface area contributed by atoms with Crippen LogP contribution in [0.4, 0.5) is 8.78 Å². The summed E-state index contributed by atoms with van der Waals surface area (Å²) in [6.07, 6.45) is 0.580. The van der Waals surface area contributed by atoms with Crippen LogP contribution in [-0.4, -0.2) is 42.4 Å². The van der Waals surface area contributed by atoms with Gasteiger partial charge < -0.3 is 9.32 Å². The van der Waals surface area contributed by atoms with Crippen molar-refractivity contribution in [3.63, 3.8) is 0 Å². The number of halogens is 2. The van der Waals surface area contributed by atoms with E-state index in [1.54, 1.807) is 30.8 Å². The van der Waals surface area contributed by atoms with E-state index in [1.807, 2.05) is 19.2 Å². The third-order valence-electron chi connectivity index (χ3n) is 5.05. The molecule has 0 spiro atoms. The number of rotatable bonds is 7. The lowest BCUT2D eigenvalue weighted by Crippen LogP contribution is -2.30. The first-order valence-corrected chi connectivity index (χ1v) is 9.83. The minimum Gasteiger partial charge on any atom is -0.463 e. The fourth-order valence-corrected chi connectivity index (χ4v) is 3.46. The average molecular weight is 428 g/mol. The van der Waals surface area contributed by atoms with E-state index in [4.69, 9.17) is 4.42 Å². The van der Waals surface area contributed by atoms with Gasteiger partial charge in [0.15, 0.2) is 11.4 Å². The number of amides is 1. The highest BCUT2D eigenvalue weighted by Crippen LogP contribution is 2.33. The van der Waals surface area contributed by atoms with Gasteiger partial charge in [0, 0.05) is 25.4 Å². The summed E-state index contributed by atoms with van der Waals surface area (Å²) in [7, 11) is 1.66. The highest BCUT2D eigenvalue weighted by molar-refractivity contribution is 5.86. The molecular weight excluding hydrogens is 406 g/mol. The number of alkyl halides is 2. The minimum absolute atomic E-state index is 0.132. The lowest BCUT2D eigenvalue weighted by atomic mass is 10.1. The van der Waals surface area contributed by atoms with Crippen molar-refractivity contribution in [1.29, 1.82) is 0 Å². The van der Waals surface area contributed by atoms with Crippen molar-refractivity contribution >= 4 is 16.9 Å². The van der Waals surface area contributed by atoms with Crippen molar-refractivity contribution in [2.75, 3.05) is 7.05 Å². The Kier molecular flexibility index (Phi) is 5.53. The number of carbonyl (C=O) groups excluding carboxylic acids is 1. The molecule has 4 rings (SSSR count). The van der Waals surface area contributed by atoms with Gasteiger partial charge >= 0.3 is 0 Å². The van der Waals surface area contributed by atoms with Gasteiger partial charge in [-0.15, -0.1) is 0 Å². The number of aryl methyl sites for hydroxylation is 2. The van der Waals surface area contributed by atoms with Crippen molar-refractivity contribution in [3.05, 3.63) is 53.7 Å². The average Bonchev–Trinajstić information content (AvgIpc) is 3.48. The number of hydrogen-bond donors (Lipinski definition) is 0. The Hall–Kier alpha value is -3.56. The van der Waals surface area contributed by atoms with E-state index in [9.17, 15) is 13.6 Å². The molecule has 0 fully saturated rings. The Morgan fingerprint density at radius 1 is 1.29 bits per heavy atom. The summed E-state index contributed by atoms with van der Waals surface area (Å²) in [6, 6.07) is 6.46. The Morgan fingerprint density at radius 3 is 2.74 bits per heavy atom. The van der Waals surface area contributed by atoms with Crippen LogP contribution >= 0.6 is 0 Å². The number of pyridine rings is 1. The molecule has 31 heavy (non-hydrogen) atoms. The fraction of sp³-hybridized carbons (Fsp3) is 0.333. The number of hydrogen-bond acceptors (Lipinski definition) is 5. The number of nitrogens with zero attached hydrogens (tertiary/aromatic N) is 6. The lowest BCUT2D eigenvalue weighted by molar-refractivity contribution is -0.131. The molecule has 0 aliphatic heterocycles. The molecule has 0 bridgehead atoms. The predicted molar refractivity (Wildman–Crippen MR) is 109 cm³/mol. The maximum absolute atomic E-state index is 13.8. The topological polar surface area (TPSA) is 82.0 Å². The van der Waals surface area contributed by atoms with Crippen LogP contribution in [0.25, 0.3) is 22.5 Å². The molecule has 0 unspecified atom stereocenters. The van der Waals surface area contributed by atoms with Crippen LogP contribution in [0.5, 0.6) is 0 Å². The molecule has 162 valence electrons. The second-order valence-electron chi connectivity index (χ2n) is 7.23. The van der Waals surface area contributed by atoms with E-state index >= 15 is 0 Å². The van der Waals surface area contributed by atoms with E-state index in [2.05, 4.69) is 15.2 Å². The van der Waals surface area contributed by atoms with Gasteiger partial charge in [-0.1, -0.05) is 0 Å². The Morgan fingerprint density at radius 2 is 2.10 bits per heavy atom. The smallest absolute Gasteiger partial charge is 0.264 e. The summed E-state index contributed by atoms with van der Waals surface area (Å²) >= 11 is 0. The largest absolute Gasteiger partial charge is 0.463 e. The summed E-state index contributed by atoms with van der Waals surface area (Å²) in [5.74, 6) is 0.128. The molecule has 4 aromatic rings. The first-order chi connectivity index (χ1) is 14.9. The quantitative estimate of drug-likeness (QED) is 0.447. The van der Waals surface area contributed by atoms with Gasteiger partial charge in [0.1, 0.15) is 12.2 Å². The van der Waals surface area contributed by atoms with Gasteiger partial charge in [0.25, 0.3) is 6.43 Å². The summed E-state index contributed by atoms with van der Waals surface area (Å²) < 4.78 is 36.1. The van der Waals surface area contributed by atoms with Crippen molar-refractivity contribution in [2.24, 2.45) is 0 Å². The summed E-state index contributed by atoms with van der Waals surface area (Å²) in [5, 5.41) is 8.95. The first kappa shape index (κ1) is 20.7. The van der Waals surface area contributed by atoms with Crippen LogP contribution in [0.1, 0.15) is 30.3 Å². The molecule has 0 radical (unpaired) electrons. The highest BCUT2D eigenvalue weighted by atomic mass is 19.3. The normalized spacial score (nSPS) is 11.5. The molecule has 4 heterocycles. The van der Waals surface area contributed by atoms with Crippen LogP contribution in [0, 0.1) is 6.92 Å². The van der Waals surface area contributed by atoms with Gasteiger partial charge in [-0.25, -0.2) is 18.4 Å². The molecular formula is C21H22F2N6O2. The maximum atomic E-state index is 13.8. The number of furan rings is 1. The molecule has 10 heteroatoms. The third-order valence-corrected chi connectivity index (χ3v) is 5.05. The lowest BCUT2D eigenvalue weighted by Gasteiger charge is -2.16. The molecule has 0 aromatic carbocycles. The monoisotopic (exact) mass is 428 g/mol. The van der Waals surface area contributed by atoms with E-state index in [1.165, 1.54) is 21.9 Å². The van der Waals surface area contributed by atoms with Gasteiger partial charge in [0.2, 0.25) is 5.91 Å². The molecule has 1 amide bonds. The molecule has 0 atom stereocenters. The molecule has 0 saturated heterocycles. The zero-order chi connectivity index (χ0) is 22.1. The number of carbonyl (C=O) groups is 1. The number of likely N-dealkylation sites (N-methyl/N-ethyl adjacent to an activating group) is 1. The second kappa shape index (κ2) is 8.29. The van der Waals surface area contributed by atoms with Crippen molar-refractivity contribution in [3.8, 4) is 11.5 Å². The summed E-state index contributed by atoms with van der Waals surface area (Å²) in [6.45, 7) is 4.55. The van der Waals surface area contributed by atoms with Gasteiger partial charge in [-0.2, -0.15) is 10.2 Å². The number of aromatic nitrogens is 5. The zero-order valence-corrected chi connectivity index (χ0v) is 17.4. The zero-order valence-electron chi connectivity index (χ0n) is 17.4. The predicted octanol–water partition coefficient (Wildman–Crippen LogP) is 3.81. The van der Waals surface area contributed by atoms with Crippen LogP contribution in [0.3, 0.4) is 0 Å². The van der Waals surface area contributed by atoms with E-state index in [0.717, 1.165) is 12.2 Å². The highest BCUT2D eigenvalue weighted by Gasteiger charge is 2.23. The Bertz CT molecular complexity index is 1210. The SMILES string of the molecule is CCn1ccc(CN(C)C(=O)Cn2nc(C)c3c(C(F)F)cc(-c4ccco4)nc32)n1. The standard InChI is InChI=1S/C21H22F2N6O2/c1-4-28-8-7-14(26-28)11-27(3)18(30)12-29-21-19(13(2)25-29)15(20(22)23)10-16(24-21)17-6-5-9-31-17/h5-10,20H,4,11-12H2,1-3H3. The second-order valence-corrected chi connectivity index (χ2v) is 7.23. The van der Waals surface area contributed by atoms with Crippen LogP contribution in [-0.2, 0) is 24.4 Å². The molecule has 0 aliphatic rings. The van der Waals surface area contributed by atoms with Gasteiger partial charge in [-0.3, -0.25) is 9.48 Å². The first-order valence-electron chi connectivity index (χ1n) is 9.83.